The molecule has 0 saturated heterocycles. The van der Waals surface area contributed by atoms with Crippen LogP contribution in [0.5, 0.6) is 11.5 Å². The number of aryl methyl sites for hydroxylation is 2. The van der Waals surface area contributed by atoms with E-state index >= 15 is 0 Å². The van der Waals surface area contributed by atoms with E-state index in [1.54, 1.807) is 0 Å². The van der Waals surface area contributed by atoms with E-state index in [1.807, 2.05) is 50.2 Å². The SMILES string of the molecule is CCC(C)c1ccc(OCCCn2c(C(C)Oc3ccc(Cl)c(C)c3)nc3ccccc32)cc1. The van der Waals surface area contributed by atoms with Gasteiger partial charge in [0, 0.05) is 11.6 Å². The molecule has 0 aliphatic heterocycles. The minimum Gasteiger partial charge on any atom is -0.494 e. The average molecular weight is 477 g/mol. The van der Waals surface area contributed by atoms with E-state index in [-0.39, 0.29) is 6.10 Å². The Morgan fingerprint density at radius 3 is 2.44 bits per heavy atom. The number of fused-ring (bicyclic) bond motifs is 1. The summed E-state index contributed by atoms with van der Waals surface area (Å²) in [4.78, 5) is 4.89. The predicted molar refractivity (Wildman–Crippen MR) is 140 cm³/mol. The highest BCUT2D eigenvalue weighted by atomic mass is 35.5. The Balaban J connectivity index is 1.44. The van der Waals surface area contributed by atoms with Crippen LogP contribution in [-0.2, 0) is 6.54 Å². The zero-order valence-corrected chi connectivity index (χ0v) is 21.2. The molecule has 0 saturated carbocycles. The topological polar surface area (TPSA) is 36.3 Å². The first-order valence-electron chi connectivity index (χ1n) is 12.1. The fraction of sp³-hybridized carbons (Fsp3) is 0.345. The van der Waals surface area contributed by atoms with Crippen molar-refractivity contribution in [2.75, 3.05) is 6.61 Å². The Morgan fingerprint density at radius 2 is 1.71 bits per heavy atom. The average Bonchev–Trinajstić information content (AvgIpc) is 3.23. The number of rotatable bonds is 10. The molecule has 0 aliphatic rings. The summed E-state index contributed by atoms with van der Waals surface area (Å²) in [5.41, 5.74) is 4.43. The van der Waals surface area contributed by atoms with Crippen LogP contribution in [0.1, 0.15) is 62.6 Å². The van der Waals surface area contributed by atoms with Crippen molar-refractivity contribution >= 4 is 22.6 Å². The molecule has 3 aromatic carbocycles. The van der Waals surface area contributed by atoms with Crippen molar-refractivity contribution in [3.63, 3.8) is 0 Å². The lowest BCUT2D eigenvalue weighted by Gasteiger charge is -2.17. The predicted octanol–water partition coefficient (Wildman–Crippen LogP) is 8.12. The number of imidazole rings is 1. The second-order valence-corrected chi connectivity index (χ2v) is 9.27. The monoisotopic (exact) mass is 476 g/mol. The minimum atomic E-state index is -0.206. The van der Waals surface area contributed by atoms with Gasteiger partial charge in [-0.05, 0) is 86.2 Å². The molecule has 0 radical (unpaired) electrons. The maximum atomic E-state index is 6.25. The number of hydrogen-bond acceptors (Lipinski definition) is 3. The quantitative estimate of drug-likeness (QED) is 0.217. The molecule has 4 rings (SSSR count). The first kappa shape index (κ1) is 24.2. The van der Waals surface area contributed by atoms with Crippen LogP contribution >= 0.6 is 11.6 Å². The molecule has 0 aliphatic carbocycles. The minimum absolute atomic E-state index is 0.206. The van der Waals surface area contributed by atoms with Crippen molar-refractivity contribution in [2.24, 2.45) is 0 Å². The Morgan fingerprint density at radius 1 is 0.971 bits per heavy atom. The third kappa shape index (κ3) is 5.56. The normalized spacial score (nSPS) is 13.1. The number of para-hydroxylation sites is 2. The summed E-state index contributed by atoms with van der Waals surface area (Å²) < 4.78 is 14.5. The van der Waals surface area contributed by atoms with Crippen LogP contribution in [0.2, 0.25) is 5.02 Å². The third-order valence-electron chi connectivity index (χ3n) is 6.35. The first-order chi connectivity index (χ1) is 16.5. The molecule has 4 aromatic rings. The number of ether oxygens (including phenoxy) is 2. The van der Waals surface area contributed by atoms with Crippen LogP contribution in [0.15, 0.2) is 66.7 Å². The molecule has 34 heavy (non-hydrogen) atoms. The van der Waals surface area contributed by atoms with Crippen LogP contribution in [0.3, 0.4) is 0 Å². The van der Waals surface area contributed by atoms with Crippen molar-refractivity contribution in [2.45, 2.75) is 59.1 Å². The van der Waals surface area contributed by atoms with Gasteiger partial charge in [-0.25, -0.2) is 4.98 Å². The van der Waals surface area contributed by atoms with Gasteiger partial charge in [0.2, 0.25) is 0 Å². The lowest BCUT2D eigenvalue weighted by molar-refractivity contribution is 0.210. The number of aromatic nitrogens is 2. The largest absolute Gasteiger partial charge is 0.494 e. The van der Waals surface area contributed by atoms with Crippen molar-refractivity contribution in [3.8, 4) is 11.5 Å². The van der Waals surface area contributed by atoms with Gasteiger partial charge in [0.25, 0.3) is 0 Å². The second-order valence-electron chi connectivity index (χ2n) is 8.86. The fourth-order valence-electron chi connectivity index (χ4n) is 4.13. The highest BCUT2D eigenvalue weighted by molar-refractivity contribution is 6.31. The van der Waals surface area contributed by atoms with Crippen molar-refractivity contribution < 1.29 is 9.47 Å². The molecule has 0 amide bonds. The summed E-state index contributed by atoms with van der Waals surface area (Å²) >= 11 is 6.17. The Kier molecular flexibility index (Phi) is 7.79. The van der Waals surface area contributed by atoms with E-state index in [0.29, 0.717) is 12.5 Å². The fourth-order valence-corrected chi connectivity index (χ4v) is 4.25. The van der Waals surface area contributed by atoms with Crippen molar-refractivity contribution in [1.29, 1.82) is 0 Å². The molecule has 0 fully saturated rings. The molecule has 1 heterocycles. The Labute approximate surface area is 207 Å². The third-order valence-corrected chi connectivity index (χ3v) is 6.77. The molecule has 2 unspecified atom stereocenters. The van der Waals surface area contributed by atoms with Gasteiger partial charge < -0.3 is 14.0 Å². The van der Waals surface area contributed by atoms with Crippen molar-refractivity contribution in [1.82, 2.24) is 9.55 Å². The molecular weight excluding hydrogens is 444 g/mol. The van der Waals surface area contributed by atoms with Gasteiger partial charge in [0.15, 0.2) is 11.9 Å². The summed E-state index contributed by atoms with van der Waals surface area (Å²) in [5.74, 6) is 3.18. The summed E-state index contributed by atoms with van der Waals surface area (Å²) in [5, 5.41) is 0.738. The van der Waals surface area contributed by atoms with Gasteiger partial charge in [-0.2, -0.15) is 0 Å². The van der Waals surface area contributed by atoms with Crippen LogP contribution in [-0.4, -0.2) is 16.2 Å². The van der Waals surface area contributed by atoms with E-state index in [0.717, 1.165) is 58.3 Å². The summed E-state index contributed by atoms with van der Waals surface area (Å²) in [6.45, 7) is 9.92. The number of hydrogen-bond donors (Lipinski definition) is 0. The molecule has 4 nitrogen and oxygen atoms in total. The molecular formula is C29H33ClN2O2. The van der Waals surface area contributed by atoms with Gasteiger partial charge in [-0.15, -0.1) is 0 Å². The van der Waals surface area contributed by atoms with E-state index in [1.165, 1.54) is 5.56 Å². The van der Waals surface area contributed by atoms with Gasteiger partial charge >= 0.3 is 0 Å². The van der Waals surface area contributed by atoms with Crippen LogP contribution in [0, 0.1) is 6.92 Å². The summed E-state index contributed by atoms with van der Waals surface area (Å²) in [6, 6.07) is 22.4. The van der Waals surface area contributed by atoms with Gasteiger partial charge in [0.05, 0.1) is 17.6 Å². The van der Waals surface area contributed by atoms with Gasteiger partial charge in [0.1, 0.15) is 11.5 Å². The Hall–Kier alpha value is -2.98. The number of halogens is 1. The first-order valence-corrected chi connectivity index (χ1v) is 12.4. The highest BCUT2D eigenvalue weighted by Gasteiger charge is 2.18. The van der Waals surface area contributed by atoms with E-state index < -0.39 is 0 Å². The Bertz CT molecular complexity index is 1230. The van der Waals surface area contributed by atoms with Gasteiger partial charge in [-0.3, -0.25) is 0 Å². The van der Waals surface area contributed by atoms with Crippen LogP contribution in [0.25, 0.3) is 11.0 Å². The maximum Gasteiger partial charge on any atom is 0.153 e. The van der Waals surface area contributed by atoms with Crippen LogP contribution in [0.4, 0.5) is 0 Å². The number of nitrogens with zero attached hydrogens (tertiary/aromatic N) is 2. The molecule has 0 bridgehead atoms. The van der Waals surface area contributed by atoms with Crippen LogP contribution < -0.4 is 9.47 Å². The van der Waals surface area contributed by atoms with E-state index in [2.05, 4.69) is 48.7 Å². The molecule has 0 N–H and O–H groups in total. The standard InChI is InChI=1S/C29H33ClN2O2/c1-5-20(2)23-11-13-24(14-12-23)33-18-8-17-32-28-10-7-6-9-27(28)31-29(32)22(4)34-25-15-16-26(30)21(3)19-25/h6-7,9-16,19-20,22H,5,8,17-18H2,1-4H3. The lowest BCUT2D eigenvalue weighted by Crippen LogP contribution is -2.13. The molecule has 1 aromatic heterocycles. The zero-order valence-electron chi connectivity index (χ0n) is 20.4. The summed E-state index contributed by atoms with van der Waals surface area (Å²) in [6.07, 6.45) is 1.80. The van der Waals surface area contributed by atoms with Gasteiger partial charge in [-0.1, -0.05) is 49.7 Å². The van der Waals surface area contributed by atoms with E-state index in [9.17, 15) is 0 Å². The second kappa shape index (κ2) is 11.0. The molecule has 2 atom stereocenters. The number of benzene rings is 3. The molecule has 0 spiro atoms. The zero-order chi connectivity index (χ0) is 24.1. The molecule has 5 heteroatoms. The smallest absolute Gasteiger partial charge is 0.153 e. The van der Waals surface area contributed by atoms with E-state index in [4.69, 9.17) is 26.1 Å². The summed E-state index contributed by atoms with van der Waals surface area (Å²) in [7, 11) is 0. The molecule has 178 valence electrons. The lowest BCUT2D eigenvalue weighted by atomic mass is 9.99. The van der Waals surface area contributed by atoms with Crippen molar-refractivity contribution in [3.05, 3.63) is 88.7 Å². The highest BCUT2D eigenvalue weighted by Crippen LogP contribution is 2.28. The maximum absolute atomic E-state index is 6.25.